The number of anilines is 1. The number of nitrogens with zero attached hydrogens (tertiary/aromatic N) is 2. The quantitative estimate of drug-likeness (QED) is 0.518. The zero-order valence-electron chi connectivity index (χ0n) is 13.6. The van der Waals surface area contributed by atoms with E-state index in [4.69, 9.17) is 10.5 Å². The summed E-state index contributed by atoms with van der Waals surface area (Å²) in [5, 5.41) is -0.309. The Balaban J connectivity index is 1.73. The van der Waals surface area contributed by atoms with E-state index in [9.17, 15) is 9.59 Å². The number of carbonyl (C=O) groups excluding carboxylic acids is 2. The first-order valence-electron chi connectivity index (χ1n) is 7.65. The minimum atomic E-state index is -0.568. The Labute approximate surface area is 149 Å². The van der Waals surface area contributed by atoms with Crippen LogP contribution >= 0.6 is 11.8 Å². The Morgan fingerprint density at radius 3 is 2.48 bits per heavy atom. The number of nitrogens with two attached hydrogens (primary N) is 1. The second-order valence-corrected chi connectivity index (χ2v) is 6.58. The summed E-state index contributed by atoms with van der Waals surface area (Å²) in [4.78, 5) is 30.3. The molecule has 25 heavy (non-hydrogen) atoms. The van der Waals surface area contributed by atoms with E-state index in [0.717, 1.165) is 11.8 Å². The number of carbonyl (C=O) groups is 2. The molecule has 1 aliphatic heterocycles. The SMILES string of the molecule is COc1ccc(N2C(=O)C[C@@H](SC(N)=Nc3ccccc3)C2=O)cc1. The number of rotatable bonds is 4. The van der Waals surface area contributed by atoms with Crippen molar-refractivity contribution in [3.63, 3.8) is 0 Å². The Morgan fingerprint density at radius 1 is 1.16 bits per heavy atom. The first-order chi connectivity index (χ1) is 12.1. The predicted molar refractivity (Wildman–Crippen MR) is 99.2 cm³/mol. The van der Waals surface area contributed by atoms with Gasteiger partial charge in [0.05, 0.1) is 18.5 Å². The van der Waals surface area contributed by atoms with Gasteiger partial charge in [-0.05, 0) is 36.4 Å². The van der Waals surface area contributed by atoms with Gasteiger partial charge in [0, 0.05) is 6.42 Å². The number of para-hydroxylation sites is 1. The van der Waals surface area contributed by atoms with E-state index in [2.05, 4.69) is 4.99 Å². The van der Waals surface area contributed by atoms with E-state index in [-0.39, 0.29) is 23.4 Å². The number of methoxy groups -OCH3 is 1. The molecule has 0 aliphatic carbocycles. The van der Waals surface area contributed by atoms with Crippen molar-refractivity contribution >= 4 is 40.1 Å². The van der Waals surface area contributed by atoms with Crippen molar-refractivity contribution in [2.24, 2.45) is 10.7 Å². The van der Waals surface area contributed by atoms with Gasteiger partial charge in [-0.1, -0.05) is 30.0 Å². The molecule has 128 valence electrons. The summed E-state index contributed by atoms with van der Waals surface area (Å²) in [6, 6.07) is 16.0. The van der Waals surface area contributed by atoms with Crippen molar-refractivity contribution in [1.82, 2.24) is 0 Å². The second-order valence-electron chi connectivity index (χ2n) is 5.36. The lowest BCUT2D eigenvalue weighted by atomic mass is 10.3. The van der Waals surface area contributed by atoms with Crippen molar-refractivity contribution in [3.05, 3.63) is 54.6 Å². The van der Waals surface area contributed by atoms with Gasteiger partial charge in [0.25, 0.3) is 0 Å². The van der Waals surface area contributed by atoms with Gasteiger partial charge >= 0.3 is 0 Å². The van der Waals surface area contributed by atoms with Crippen molar-refractivity contribution in [1.29, 1.82) is 0 Å². The van der Waals surface area contributed by atoms with Crippen molar-refractivity contribution in [2.75, 3.05) is 12.0 Å². The number of amidine groups is 1. The molecule has 0 aromatic heterocycles. The Bertz CT molecular complexity index is 806. The molecule has 0 radical (unpaired) electrons. The fourth-order valence-corrected chi connectivity index (χ4v) is 3.38. The van der Waals surface area contributed by atoms with Crippen LogP contribution in [0.2, 0.25) is 0 Å². The molecule has 1 fully saturated rings. The van der Waals surface area contributed by atoms with Crippen LogP contribution in [-0.4, -0.2) is 29.3 Å². The van der Waals surface area contributed by atoms with Crippen LogP contribution in [-0.2, 0) is 9.59 Å². The normalized spacial score (nSPS) is 17.9. The molecule has 2 N–H and O–H groups in total. The molecule has 1 aliphatic rings. The molecule has 2 aromatic rings. The van der Waals surface area contributed by atoms with Gasteiger partial charge < -0.3 is 10.5 Å². The number of aliphatic imine (C=N–C) groups is 1. The second kappa shape index (κ2) is 7.40. The standard InChI is InChI=1S/C18H17N3O3S/c1-24-14-9-7-13(8-10-14)21-16(22)11-15(17(21)23)25-18(19)20-12-5-3-2-4-6-12/h2-10,15H,11H2,1H3,(H2,19,20)/t15-/m1/s1. The summed E-state index contributed by atoms with van der Waals surface area (Å²) >= 11 is 1.11. The first-order valence-corrected chi connectivity index (χ1v) is 8.53. The first kappa shape index (κ1) is 17.0. The molecule has 0 bridgehead atoms. The summed E-state index contributed by atoms with van der Waals surface area (Å²) in [6.45, 7) is 0. The van der Waals surface area contributed by atoms with Crippen LogP contribution in [0.1, 0.15) is 6.42 Å². The molecule has 1 heterocycles. The Hall–Kier alpha value is -2.80. The lowest BCUT2D eigenvalue weighted by Crippen LogP contribution is -2.31. The van der Waals surface area contributed by atoms with E-state index in [1.807, 2.05) is 30.3 Å². The molecule has 2 amide bonds. The highest BCUT2D eigenvalue weighted by molar-refractivity contribution is 8.15. The molecular weight excluding hydrogens is 338 g/mol. The van der Waals surface area contributed by atoms with Gasteiger partial charge in [0.2, 0.25) is 11.8 Å². The zero-order valence-corrected chi connectivity index (χ0v) is 14.4. The summed E-state index contributed by atoms with van der Waals surface area (Å²) in [5.41, 5.74) is 7.16. The molecule has 2 aromatic carbocycles. The number of amides is 2. The topological polar surface area (TPSA) is 85.0 Å². The van der Waals surface area contributed by atoms with Gasteiger partial charge in [-0.3, -0.25) is 9.59 Å². The van der Waals surface area contributed by atoms with E-state index in [0.29, 0.717) is 17.1 Å². The van der Waals surface area contributed by atoms with Gasteiger partial charge in [-0.25, -0.2) is 9.89 Å². The van der Waals surface area contributed by atoms with Crippen LogP contribution in [0.4, 0.5) is 11.4 Å². The predicted octanol–water partition coefficient (Wildman–Crippen LogP) is 2.71. The van der Waals surface area contributed by atoms with E-state index in [1.165, 1.54) is 4.90 Å². The van der Waals surface area contributed by atoms with Crippen molar-refractivity contribution in [2.45, 2.75) is 11.7 Å². The third kappa shape index (κ3) is 3.83. The largest absolute Gasteiger partial charge is 0.497 e. The fourth-order valence-electron chi connectivity index (χ4n) is 2.50. The molecule has 3 rings (SSSR count). The van der Waals surface area contributed by atoms with E-state index < -0.39 is 5.25 Å². The third-order valence-electron chi connectivity index (χ3n) is 3.69. The maximum Gasteiger partial charge on any atom is 0.247 e. The lowest BCUT2D eigenvalue weighted by molar-refractivity contribution is -0.121. The number of hydrogen-bond donors (Lipinski definition) is 1. The molecule has 7 heteroatoms. The number of benzene rings is 2. The summed E-state index contributed by atoms with van der Waals surface area (Å²) in [6.07, 6.45) is 0.0978. The van der Waals surface area contributed by atoms with Crippen LogP contribution in [0.25, 0.3) is 0 Å². The fraction of sp³-hybridized carbons (Fsp3) is 0.167. The van der Waals surface area contributed by atoms with Crippen LogP contribution < -0.4 is 15.4 Å². The number of thioether (sulfide) groups is 1. The van der Waals surface area contributed by atoms with Crippen LogP contribution in [0.3, 0.4) is 0 Å². The average molecular weight is 355 g/mol. The summed E-state index contributed by atoms with van der Waals surface area (Å²) in [7, 11) is 1.56. The number of hydrogen-bond acceptors (Lipinski definition) is 5. The highest BCUT2D eigenvalue weighted by Crippen LogP contribution is 2.31. The summed E-state index contributed by atoms with van der Waals surface area (Å²) in [5.74, 6) is 0.125. The van der Waals surface area contributed by atoms with E-state index >= 15 is 0 Å². The van der Waals surface area contributed by atoms with Gasteiger partial charge in [0.1, 0.15) is 11.0 Å². The molecule has 0 unspecified atom stereocenters. The number of imide groups is 1. The van der Waals surface area contributed by atoms with Crippen LogP contribution in [0.15, 0.2) is 59.6 Å². The number of ether oxygens (including phenoxy) is 1. The molecule has 6 nitrogen and oxygen atoms in total. The van der Waals surface area contributed by atoms with Crippen molar-refractivity contribution < 1.29 is 14.3 Å². The van der Waals surface area contributed by atoms with Crippen LogP contribution in [0.5, 0.6) is 5.75 Å². The monoisotopic (exact) mass is 355 g/mol. The van der Waals surface area contributed by atoms with Gasteiger partial charge in [-0.15, -0.1) is 0 Å². The van der Waals surface area contributed by atoms with E-state index in [1.54, 1.807) is 31.4 Å². The Kier molecular flexibility index (Phi) is 5.04. The van der Waals surface area contributed by atoms with Crippen molar-refractivity contribution in [3.8, 4) is 5.75 Å². The van der Waals surface area contributed by atoms with Gasteiger partial charge in [-0.2, -0.15) is 0 Å². The minimum Gasteiger partial charge on any atom is -0.497 e. The highest BCUT2D eigenvalue weighted by Gasteiger charge is 2.40. The smallest absolute Gasteiger partial charge is 0.247 e. The summed E-state index contributed by atoms with van der Waals surface area (Å²) < 4.78 is 5.09. The molecule has 1 atom stereocenters. The Morgan fingerprint density at radius 2 is 1.84 bits per heavy atom. The zero-order chi connectivity index (χ0) is 17.8. The van der Waals surface area contributed by atoms with Crippen LogP contribution in [0, 0.1) is 0 Å². The molecule has 1 saturated heterocycles. The highest BCUT2D eigenvalue weighted by atomic mass is 32.2. The minimum absolute atomic E-state index is 0.0978. The van der Waals surface area contributed by atoms with Gasteiger partial charge in [0.15, 0.2) is 5.17 Å². The molecule has 0 saturated carbocycles. The lowest BCUT2D eigenvalue weighted by Gasteiger charge is -2.15. The maximum absolute atomic E-state index is 12.6. The molecular formula is C18H17N3O3S. The average Bonchev–Trinajstić information content (AvgIpc) is 2.89. The molecule has 0 spiro atoms. The third-order valence-corrected chi connectivity index (χ3v) is 4.68. The maximum atomic E-state index is 12.6.